The van der Waals surface area contributed by atoms with Gasteiger partial charge in [0.1, 0.15) is 0 Å². The SMILES string of the molecule is N#Cc1ccc(C(=O)Nc2nc(-c3ccc4c(c3)CC(=O)N4)cs2)cc1. The molecule has 0 radical (unpaired) electrons. The Morgan fingerprint density at radius 2 is 2.04 bits per heavy atom. The van der Waals surface area contributed by atoms with Crippen LogP contribution in [0.2, 0.25) is 0 Å². The molecule has 1 aromatic heterocycles. The predicted octanol–water partition coefficient (Wildman–Crippen LogP) is 3.43. The van der Waals surface area contributed by atoms with E-state index in [-0.39, 0.29) is 11.8 Å². The van der Waals surface area contributed by atoms with E-state index in [1.165, 1.54) is 11.3 Å². The Bertz CT molecular complexity index is 1060. The molecule has 2 aromatic carbocycles. The van der Waals surface area contributed by atoms with Crippen molar-refractivity contribution in [3.8, 4) is 17.3 Å². The maximum Gasteiger partial charge on any atom is 0.257 e. The normalized spacial score (nSPS) is 12.2. The molecule has 1 aliphatic heterocycles. The van der Waals surface area contributed by atoms with Crippen molar-refractivity contribution in [1.82, 2.24) is 4.98 Å². The van der Waals surface area contributed by atoms with E-state index in [0.29, 0.717) is 22.7 Å². The van der Waals surface area contributed by atoms with Gasteiger partial charge in [-0.15, -0.1) is 11.3 Å². The molecule has 2 heterocycles. The Labute approximate surface area is 153 Å². The summed E-state index contributed by atoms with van der Waals surface area (Å²) in [5, 5.41) is 16.7. The van der Waals surface area contributed by atoms with Gasteiger partial charge in [0, 0.05) is 22.2 Å². The van der Waals surface area contributed by atoms with Crippen molar-refractivity contribution < 1.29 is 9.59 Å². The van der Waals surface area contributed by atoms with E-state index in [2.05, 4.69) is 15.6 Å². The Hall–Kier alpha value is -3.50. The Morgan fingerprint density at radius 1 is 1.23 bits per heavy atom. The molecule has 126 valence electrons. The molecule has 7 heteroatoms. The standard InChI is InChI=1S/C19H12N4O2S/c20-9-11-1-3-12(4-2-11)18(25)23-19-22-16(10-26-19)13-5-6-15-14(7-13)8-17(24)21-15/h1-7,10H,8H2,(H,21,24)(H,22,23,25). The summed E-state index contributed by atoms with van der Waals surface area (Å²) >= 11 is 1.33. The molecule has 3 aromatic rings. The summed E-state index contributed by atoms with van der Waals surface area (Å²) in [4.78, 5) is 28.2. The highest BCUT2D eigenvalue weighted by molar-refractivity contribution is 7.14. The third kappa shape index (κ3) is 3.06. The third-order valence-electron chi connectivity index (χ3n) is 4.03. The van der Waals surface area contributed by atoms with Gasteiger partial charge in [-0.25, -0.2) is 4.98 Å². The van der Waals surface area contributed by atoms with Crippen LogP contribution in [-0.4, -0.2) is 16.8 Å². The molecular weight excluding hydrogens is 348 g/mol. The number of nitrogens with one attached hydrogen (secondary N) is 2. The van der Waals surface area contributed by atoms with Gasteiger partial charge in [-0.05, 0) is 42.0 Å². The van der Waals surface area contributed by atoms with Crippen LogP contribution in [0.1, 0.15) is 21.5 Å². The van der Waals surface area contributed by atoms with E-state index < -0.39 is 0 Å². The maximum atomic E-state index is 12.3. The molecule has 0 spiro atoms. The second kappa shape index (κ2) is 6.43. The number of anilines is 2. The minimum absolute atomic E-state index is 0.00852. The average molecular weight is 360 g/mol. The minimum atomic E-state index is -0.279. The fraction of sp³-hybridized carbons (Fsp3) is 0.0526. The molecule has 0 saturated heterocycles. The molecule has 6 nitrogen and oxygen atoms in total. The van der Waals surface area contributed by atoms with Gasteiger partial charge in [0.05, 0.1) is 23.7 Å². The summed E-state index contributed by atoms with van der Waals surface area (Å²) in [6.45, 7) is 0. The van der Waals surface area contributed by atoms with E-state index in [1.54, 1.807) is 24.3 Å². The highest BCUT2D eigenvalue weighted by atomic mass is 32.1. The molecule has 0 aliphatic carbocycles. The van der Waals surface area contributed by atoms with Crippen LogP contribution in [0.5, 0.6) is 0 Å². The Balaban J connectivity index is 1.51. The number of aromatic nitrogens is 1. The number of thiazole rings is 1. The van der Waals surface area contributed by atoms with Gasteiger partial charge < -0.3 is 5.32 Å². The molecule has 0 saturated carbocycles. The lowest BCUT2D eigenvalue weighted by Gasteiger charge is -2.02. The first-order chi connectivity index (χ1) is 12.6. The van der Waals surface area contributed by atoms with Gasteiger partial charge in [-0.3, -0.25) is 14.9 Å². The number of nitrogens with zero attached hydrogens (tertiary/aromatic N) is 2. The van der Waals surface area contributed by atoms with Crippen LogP contribution in [0, 0.1) is 11.3 Å². The van der Waals surface area contributed by atoms with E-state index in [1.807, 2.05) is 29.6 Å². The zero-order chi connectivity index (χ0) is 18.1. The number of carbonyl (C=O) groups is 2. The van der Waals surface area contributed by atoms with Crippen LogP contribution in [0.25, 0.3) is 11.3 Å². The lowest BCUT2D eigenvalue weighted by Crippen LogP contribution is -2.11. The third-order valence-corrected chi connectivity index (χ3v) is 4.78. The summed E-state index contributed by atoms with van der Waals surface area (Å²) in [7, 11) is 0. The average Bonchev–Trinajstić information content (AvgIpc) is 3.26. The maximum absolute atomic E-state index is 12.3. The van der Waals surface area contributed by atoms with E-state index in [9.17, 15) is 9.59 Å². The number of rotatable bonds is 3. The summed E-state index contributed by atoms with van der Waals surface area (Å²) in [5.74, 6) is -0.287. The highest BCUT2D eigenvalue weighted by Crippen LogP contribution is 2.31. The van der Waals surface area contributed by atoms with E-state index >= 15 is 0 Å². The molecule has 0 unspecified atom stereocenters. The van der Waals surface area contributed by atoms with E-state index in [4.69, 9.17) is 5.26 Å². The highest BCUT2D eigenvalue weighted by Gasteiger charge is 2.18. The summed E-state index contributed by atoms with van der Waals surface area (Å²) in [6, 6.07) is 14.1. The molecule has 26 heavy (non-hydrogen) atoms. The number of carbonyl (C=O) groups excluding carboxylic acids is 2. The number of hydrogen-bond donors (Lipinski definition) is 2. The molecule has 1 aliphatic rings. The lowest BCUT2D eigenvalue weighted by molar-refractivity contribution is -0.115. The second-order valence-corrected chi connectivity index (χ2v) is 6.64. The molecule has 4 rings (SSSR count). The molecule has 0 fully saturated rings. The first-order valence-electron chi connectivity index (χ1n) is 7.82. The lowest BCUT2D eigenvalue weighted by atomic mass is 10.1. The van der Waals surface area contributed by atoms with Gasteiger partial charge in [-0.2, -0.15) is 5.26 Å². The fourth-order valence-corrected chi connectivity index (χ4v) is 3.43. The zero-order valence-electron chi connectivity index (χ0n) is 13.4. The van der Waals surface area contributed by atoms with Crippen molar-refractivity contribution >= 4 is 34.0 Å². The zero-order valence-corrected chi connectivity index (χ0v) is 14.3. The fourth-order valence-electron chi connectivity index (χ4n) is 2.72. The van der Waals surface area contributed by atoms with Crippen molar-refractivity contribution in [1.29, 1.82) is 5.26 Å². The summed E-state index contributed by atoms with van der Waals surface area (Å²) in [5.41, 5.74) is 4.39. The van der Waals surface area contributed by atoms with Gasteiger partial charge in [0.2, 0.25) is 5.91 Å². The van der Waals surface area contributed by atoms with Gasteiger partial charge in [0.25, 0.3) is 5.91 Å². The quantitative estimate of drug-likeness (QED) is 0.748. The van der Waals surface area contributed by atoms with Crippen LogP contribution in [0.3, 0.4) is 0 Å². The molecule has 0 atom stereocenters. The molecule has 2 N–H and O–H groups in total. The Morgan fingerprint density at radius 3 is 2.81 bits per heavy atom. The first-order valence-corrected chi connectivity index (χ1v) is 8.70. The van der Waals surface area contributed by atoms with Crippen molar-refractivity contribution in [3.05, 3.63) is 64.5 Å². The molecular formula is C19H12N4O2S. The van der Waals surface area contributed by atoms with E-state index in [0.717, 1.165) is 22.5 Å². The number of amides is 2. The molecule has 0 bridgehead atoms. The Kier molecular flexibility index (Phi) is 3.95. The van der Waals surface area contributed by atoms with Crippen LogP contribution in [0.4, 0.5) is 10.8 Å². The van der Waals surface area contributed by atoms with Crippen LogP contribution in [0.15, 0.2) is 47.8 Å². The second-order valence-electron chi connectivity index (χ2n) is 5.78. The summed E-state index contributed by atoms with van der Waals surface area (Å²) < 4.78 is 0. The van der Waals surface area contributed by atoms with Crippen LogP contribution in [-0.2, 0) is 11.2 Å². The number of fused-ring (bicyclic) bond motifs is 1. The number of nitriles is 1. The minimum Gasteiger partial charge on any atom is -0.326 e. The van der Waals surface area contributed by atoms with Gasteiger partial charge in [0.15, 0.2) is 5.13 Å². The van der Waals surface area contributed by atoms with Crippen molar-refractivity contribution in [3.63, 3.8) is 0 Å². The monoisotopic (exact) mass is 360 g/mol. The van der Waals surface area contributed by atoms with Crippen molar-refractivity contribution in [2.24, 2.45) is 0 Å². The summed E-state index contributed by atoms with van der Waals surface area (Å²) in [6.07, 6.45) is 0.371. The number of benzene rings is 2. The van der Waals surface area contributed by atoms with Gasteiger partial charge >= 0.3 is 0 Å². The number of hydrogen-bond acceptors (Lipinski definition) is 5. The van der Waals surface area contributed by atoms with Gasteiger partial charge in [-0.1, -0.05) is 6.07 Å². The van der Waals surface area contributed by atoms with Crippen molar-refractivity contribution in [2.45, 2.75) is 6.42 Å². The van der Waals surface area contributed by atoms with Crippen molar-refractivity contribution in [2.75, 3.05) is 10.6 Å². The predicted molar refractivity (Wildman–Crippen MR) is 99.0 cm³/mol. The smallest absolute Gasteiger partial charge is 0.257 e. The molecule has 2 amide bonds. The van der Waals surface area contributed by atoms with Crippen LogP contribution < -0.4 is 10.6 Å². The largest absolute Gasteiger partial charge is 0.326 e. The topological polar surface area (TPSA) is 94.9 Å². The first kappa shape index (κ1) is 16.0. The van der Waals surface area contributed by atoms with Crippen LogP contribution >= 0.6 is 11.3 Å².